The van der Waals surface area contributed by atoms with Gasteiger partial charge >= 0.3 is 0 Å². The van der Waals surface area contributed by atoms with Crippen LogP contribution in [-0.4, -0.2) is 31.9 Å². The standard InChI is InChI=1S/C10H12N6O3/c1-5-3-7(19-15-5)10(17)13-9-6(8(11)14-18)4-12-16(9)2/h3-4,18H,1-2H3,(H2,11,14)(H,13,17). The molecule has 0 aliphatic rings. The molecule has 9 nitrogen and oxygen atoms in total. The summed E-state index contributed by atoms with van der Waals surface area (Å²) in [4.78, 5) is 11.9. The van der Waals surface area contributed by atoms with Crippen molar-refractivity contribution in [1.82, 2.24) is 14.9 Å². The van der Waals surface area contributed by atoms with Gasteiger partial charge in [-0.25, -0.2) is 0 Å². The van der Waals surface area contributed by atoms with Crippen molar-refractivity contribution in [1.29, 1.82) is 0 Å². The van der Waals surface area contributed by atoms with Crippen LogP contribution in [0.3, 0.4) is 0 Å². The molecule has 0 spiro atoms. The van der Waals surface area contributed by atoms with Crippen LogP contribution in [-0.2, 0) is 7.05 Å². The van der Waals surface area contributed by atoms with Gasteiger partial charge in [-0.05, 0) is 6.92 Å². The van der Waals surface area contributed by atoms with E-state index < -0.39 is 5.91 Å². The molecule has 0 aromatic carbocycles. The van der Waals surface area contributed by atoms with Crippen LogP contribution in [0.25, 0.3) is 0 Å². The molecular weight excluding hydrogens is 252 g/mol. The van der Waals surface area contributed by atoms with Crippen LogP contribution in [0, 0.1) is 6.92 Å². The highest BCUT2D eigenvalue weighted by molar-refractivity contribution is 6.08. The lowest BCUT2D eigenvalue weighted by molar-refractivity contribution is 0.0987. The van der Waals surface area contributed by atoms with Gasteiger partial charge in [-0.15, -0.1) is 0 Å². The third-order valence-electron chi connectivity index (χ3n) is 2.41. The van der Waals surface area contributed by atoms with E-state index in [2.05, 4.69) is 20.7 Å². The maximum atomic E-state index is 11.9. The van der Waals surface area contributed by atoms with Gasteiger partial charge in [0.05, 0.1) is 17.5 Å². The topological polar surface area (TPSA) is 132 Å². The van der Waals surface area contributed by atoms with E-state index in [4.69, 9.17) is 15.5 Å². The Morgan fingerprint density at radius 3 is 2.95 bits per heavy atom. The molecule has 2 heterocycles. The van der Waals surface area contributed by atoms with Crippen molar-refractivity contribution >= 4 is 17.6 Å². The lowest BCUT2D eigenvalue weighted by Gasteiger charge is -2.05. The van der Waals surface area contributed by atoms with E-state index in [0.717, 1.165) is 0 Å². The lowest BCUT2D eigenvalue weighted by Crippen LogP contribution is -2.19. The fourth-order valence-corrected chi connectivity index (χ4v) is 1.47. The molecular formula is C10H12N6O3. The van der Waals surface area contributed by atoms with Crippen molar-refractivity contribution in [2.24, 2.45) is 17.9 Å². The minimum Gasteiger partial charge on any atom is -0.409 e. The number of hydrogen-bond acceptors (Lipinski definition) is 6. The minimum atomic E-state index is -0.504. The SMILES string of the molecule is Cc1cc(C(=O)Nc2c(C(N)=NO)cnn2C)on1. The number of carbonyl (C=O) groups is 1. The molecule has 4 N–H and O–H groups in total. The summed E-state index contributed by atoms with van der Waals surface area (Å²) < 4.78 is 6.22. The molecule has 0 atom stereocenters. The summed E-state index contributed by atoms with van der Waals surface area (Å²) in [6.07, 6.45) is 1.37. The Morgan fingerprint density at radius 1 is 1.63 bits per heavy atom. The molecule has 0 bridgehead atoms. The third-order valence-corrected chi connectivity index (χ3v) is 2.41. The van der Waals surface area contributed by atoms with Crippen LogP contribution in [0.2, 0.25) is 0 Å². The first-order valence-electron chi connectivity index (χ1n) is 5.27. The molecule has 2 rings (SSSR count). The van der Waals surface area contributed by atoms with Gasteiger partial charge in [-0.3, -0.25) is 9.48 Å². The number of amidine groups is 1. The largest absolute Gasteiger partial charge is 0.409 e. The molecule has 2 aromatic rings. The normalized spacial score (nSPS) is 11.6. The number of amides is 1. The fourth-order valence-electron chi connectivity index (χ4n) is 1.47. The minimum absolute atomic E-state index is 0.0594. The fraction of sp³-hybridized carbons (Fsp3) is 0.200. The number of hydrogen-bond donors (Lipinski definition) is 3. The van der Waals surface area contributed by atoms with E-state index in [1.807, 2.05) is 0 Å². The molecule has 0 saturated heterocycles. The van der Waals surface area contributed by atoms with Crippen molar-refractivity contribution in [3.63, 3.8) is 0 Å². The van der Waals surface area contributed by atoms with Crippen molar-refractivity contribution < 1.29 is 14.5 Å². The number of carbonyl (C=O) groups excluding carboxylic acids is 1. The number of rotatable bonds is 3. The van der Waals surface area contributed by atoms with Crippen LogP contribution in [0.4, 0.5) is 5.82 Å². The molecule has 2 aromatic heterocycles. The highest BCUT2D eigenvalue weighted by atomic mass is 16.5. The summed E-state index contributed by atoms with van der Waals surface area (Å²) >= 11 is 0. The molecule has 0 radical (unpaired) electrons. The van der Waals surface area contributed by atoms with Crippen molar-refractivity contribution in [3.05, 3.63) is 29.3 Å². The number of nitrogens with two attached hydrogens (primary N) is 1. The van der Waals surface area contributed by atoms with E-state index in [1.165, 1.54) is 16.9 Å². The van der Waals surface area contributed by atoms with Gasteiger partial charge in [0, 0.05) is 13.1 Å². The average molecular weight is 264 g/mol. The number of aromatic nitrogens is 3. The smallest absolute Gasteiger partial charge is 0.295 e. The Hall–Kier alpha value is -2.84. The zero-order valence-corrected chi connectivity index (χ0v) is 10.3. The van der Waals surface area contributed by atoms with Crippen LogP contribution >= 0.6 is 0 Å². The first-order valence-corrected chi connectivity index (χ1v) is 5.27. The number of anilines is 1. The highest BCUT2D eigenvalue weighted by Crippen LogP contribution is 2.15. The summed E-state index contributed by atoms with van der Waals surface area (Å²) in [6.45, 7) is 1.70. The number of nitrogens with zero attached hydrogens (tertiary/aromatic N) is 4. The highest BCUT2D eigenvalue weighted by Gasteiger charge is 2.18. The summed E-state index contributed by atoms with van der Waals surface area (Å²) in [6, 6.07) is 1.49. The summed E-state index contributed by atoms with van der Waals surface area (Å²) in [5, 5.41) is 21.6. The third kappa shape index (κ3) is 2.39. The van der Waals surface area contributed by atoms with E-state index in [9.17, 15) is 4.79 Å². The summed E-state index contributed by atoms with van der Waals surface area (Å²) in [5.41, 5.74) is 6.38. The number of oxime groups is 1. The molecule has 19 heavy (non-hydrogen) atoms. The second-order valence-corrected chi connectivity index (χ2v) is 3.80. The predicted octanol–water partition coefficient (Wildman–Crippen LogP) is 0.0633. The Kier molecular flexibility index (Phi) is 3.19. The number of aryl methyl sites for hydroxylation is 2. The van der Waals surface area contributed by atoms with E-state index in [-0.39, 0.29) is 17.4 Å². The van der Waals surface area contributed by atoms with Gasteiger partial charge in [0.1, 0.15) is 5.82 Å². The molecule has 0 aliphatic carbocycles. The predicted molar refractivity (Wildman–Crippen MR) is 64.9 cm³/mol. The van der Waals surface area contributed by atoms with Crippen LogP contribution in [0.1, 0.15) is 21.8 Å². The Balaban J connectivity index is 2.29. The Labute approximate surface area is 107 Å². The zero-order chi connectivity index (χ0) is 14.0. The van der Waals surface area contributed by atoms with Gasteiger partial charge in [0.15, 0.2) is 5.84 Å². The molecule has 1 amide bonds. The van der Waals surface area contributed by atoms with Crippen LogP contribution < -0.4 is 11.1 Å². The van der Waals surface area contributed by atoms with Crippen molar-refractivity contribution in [2.45, 2.75) is 6.92 Å². The maximum absolute atomic E-state index is 11.9. The van der Waals surface area contributed by atoms with Crippen molar-refractivity contribution in [2.75, 3.05) is 5.32 Å². The quantitative estimate of drug-likeness (QED) is 0.311. The average Bonchev–Trinajstić information content (AvgIpc) is 2.96. The van der Waals surface area contributed by atoms with E-state index in [1.54, 1.807) is 14.0 Å². The maximum Gasteiger partial charge on any atom is 0.295 e. The molecule has 9 heteroatoms. The van der Waals surface area contributed by atoms with Gasteiger partial charge in [-0.2, -0.15) is 5.10 Å². The zero-order valence-electron chi connectivity index (χ0n) is 10.3. The molecule has 0 aliphatic heterocycles. The van der Waals surface area contributed by atoms with Gasteiger partial charge in [0.2, 0.25) is 5.76 Å². The van der Waals surface area contributed by atoms with Gasteiger partial charge in [-0.1, -0.05) is 10.3 Å². The van der Waals surface area contributed by atoms with Gasteiger partial charge < -0.3 is 20.8 Å². The van der Waals surface area contributed by atoms with Crippen LogP contribution in [0.5, 0.6) is 0 Å². The molecule has 0 saturated carbocycles. The summed E-state index contributed by atoms with van der Waals surface area (Å²) in [5.74, 6) is -0.313. The molecule has 0 fully saturated rings. The Morgan fingerprint density at radius 2 is 2.37 bits per heavy atom. The first kappa shape index (κ1) is 12.6. The lowest BCUT2D eigenvalue weighted by atomic mass is 10.3. The van der Waals surface area contributed by atoms with Gasteiger partial charge in [0.25, 0.3) is 5.91 Å². The molecule has 0 unspecified atom stereocenters. The number of nitrogens with one attached hydrogen (secondary N) is 1. The van der Waals surface area contributed by atoms with E-state index >= 15 is 0 Å². The van der Waals surface area contributed by atoms with Crippen LogP contribution in [0.15, 0.2) is 21.9 Å². The monoisotopic (exact) mass is 264 g/mol. The second-order valence-electron chi connectivity index (χ2n) is 3.80. The summed E-state index contributed by atoms with van der Waals surface area (Å²) in [7, 11) is 1.61. The Bertz CT molecular complexity index is 641. The second kappa shape index (κ2) is 4.80. The van der Waals surface area contributed by atoms with E-state index in [0.29, 0.717) is 11.3 Å². The molecule has 100 valence electrons. The first-order chi connectivity index (χ1) is 9.02. The van der Waals surface area contributed by atoms with Crippen molar-refractivity contribution in [3.8, 4) is 0 Å².